The Morgan fingerprint density at radius 3 is 2.92 bits per heavy atom. The lowest BCUT2D eigenvalue weighted by atomic mass is 10.3. The van der Waals surface area contributed by atoms with Gasteiger partial charge in [0.2, 0.25) is 5.91 Å². The number of thioether (sulfide) groups is 1. The van der Waals surface area contributed by atoms with Crippen molar-refractivity contribution in [1.29, 1.82) is 0 Å². The maximum Gasteiger partial charge on any atom is 0.327 e. The van der Waals surface area contributed by atoms with Crippen LogP contribution in [0.2, 0.25) is 0 Å². The second kappa shape index (κ2) is 6.77. The Kier molecular flexibility index (Phi) is 2.44. The number of hydrogen-bond donors (Lipinski definition) is 2. The monoisotopic (exact) mass is 212 g/mol. The van der Waals surface area contributed by atoms with Gasteiger partial charge in [-0.3, -0.25) is 4.79 Å². The minimum absolute atomic E-state index is 0.194. The number of carboxylic acid groups (broad SMARTS) is 1. The highest BCUT2D eigenvalue weighted by Gasteiger charge is 2.17. The van der Waals surface area contributed by atoms with E-state index in [2.05, 4.69) is 5.32 Å². The molecule has 0 heterocycles. The average molecular weight is 212 g/mol. The highest BCUT2D eigenvalue weighted by atomic mass is 32.2. The highest BCUT2D eigenvalue weighted by Crippen LogP contribution is 2.04. The van der Waals surface area contributed by atoms with E-state index in [1.165, 1.54) is 0 Å². The Morgan fingerprint density at radius 1 is 1.77 bits per heavy atom. The van der Waals surface area contributed by atoms with Crippen LogP contribution in [-0.4, -0.2) is 34.5 Å². The van der Waals surface area contributed by atoms with Crippen LogP contribution in [0.5, 0.6) is 0 Å². The van der Waals surface area contributed by atoms with Crippen molar-refractivity contribution in [2.24, 2.45) is 0 Å². The van der Waals surface area contributed by atoms with Crippen LogP contribution in [0, 0.1) is 0 Å². The van der Waals surface area contributed by atoms with Crippen molar-refractivity contribution in [3.05, 3.63) is 0 Å². The number of nitrogens with one attached hydrogen (secondary N) is 1. The largest absolute Gasteiger partial charge is 0.480 e. The zero-order valence-electron chi connectivity index (χ0n) is 14.0. The standard InChI is InChI=1S/C8H15NO3S/c1-3-4-13-5-7(8(11)12)9-6(2)10/h7H,3-5H2,1-2H3,(H,9,10)(H,11,12)/t7-/m0/s1/i1D3,3D2,4D2. The zero-order valence-corrected chi connectivity index (χ0v) is 7.77. The molecule has 0 aromatic rings. The number of aliphatic carboxylic acids is 1. The van der Waals surface area contributed by atoms with Gasteiger partial charge in [-0.15, -0.1) is 0 Å². The number of carboxylic acids is 1. The Morgan fingerprint density at radius 2 is 2.46 bits per heavy atom. The molecule has 0 aliphatic heterocycles. The first-order chi connectivity index (χ1) is 8.72. The predicted octanol–water partition coefficient (Wildman–Crippen LogP) is 0.719. The van der Waals surface area contributed by atoms with Crippen LogP contribution in [0.25, 0.3) is 0 Å². The van der Waals surface area contributed by atoms with Gasteiger partial charge in [0.05, 0.1) is 0 Å². The summed E-state index contributed by atoms with van der Waals surface area (Å²) in [7, 11) is 0. The van der Waals surface area contributed by atoms with E-state index < -0.39 is 42.6 Å². The molecule has 0 radical (unpaired) electrons. The van der Waals surface area contributed by atoms with Crippen molar-refractivity contribution < 1.29 is 24.3 Å². The molecule has 4 nitrogen and oxygen atoms in total. The van der Waals surface area contributed by atoms with Crippen LogP contribution < -0.4 is 5.32 Å². The van der Waals surface area contributed by atoms with Gasteiger partial charge in [0, 0.05) is 22.3 Å². The molecular formula is C8H15NO3S. The molecule has 0 aromatic carbocycles. The fraction of sp³-hybridized carbons (Fsp3) is 0.750. The lowest BCUT2D eigenvalue weighted by Gasteiger charge is -2.11. The fourth-order valence-electron chi connectivity index (χ4n) is 0.581. The fourth-order valence-corrected chi connectivity index (χ4v) is 1.13. The van der Waals surface area contributed by atoms with Gasteiger partial charge in [-0.1, -0.05) is 6.85 Å². The molecule has 0 fully saturated rings. The van der Waals surface area contributed by atoms with E-state index in [0.29, 0.717) is 0 Å². The molecule has 0 spiro atoms. The predicted molar refractivity (Wildman–Crippen MR) is 52.9 cm³/mol. The van der Waals surface area contributed by atoms with Crippen molar-refractivity contribution in [3.8, 4) is 0 Å². The van der Waals surface area contributed by atoms with Crippen LogP contribution in [0.4, 0.5) is 0 Å². The van der Waals surface area contributed by atoms with E-state index in [1.807, 2.05) is 0 Å². The Bertz CT molecular complexity index is 385. The minimum atomic E-state index is -3.20. The molecule has 0 bridgehead atoms. The molecule has 1 atom stereocenters. The molecule has 13 heavy (non-hydrogen) atoms. The molecule has 0 unspecified atom stereocenters. The molecule has 0 saturated heterocycles. The van der Waals surface area contributed by atoms with Gasteiger partial charge in [0.1, 0.15) is 6.04 Å². The summed E-state index contributed by atoms with van der Waals surface area (Å²) >= 11 is 0.194. The van der Waals surface area contributed by atoms with Crippen molar-refractivity contribution in [1.82, 2.24) is 5.32 Å². The quantitative estimate of drug-likeness (QED) is 0.681. The number of amides is 1. The van der Waals surface area contributed by atoms with Crippen LogP contribution in [0.15, 0.2) is 0 Å². The smallest absolute Gasteiger partial charge is 0.327 e. The molecule has 76 valence electrons. The molecular weight excluding hydrogens is 190 g/mol. The SMILES string of the molecule is [2H]C([2H])([2H])C([2H])([2H])C([2H])([2H])SC[C@H](NC(C)=O)C(=O)O. The first-order valence-electron chi connectivity index (χ1n) is 6.86. The first kappa shape index (κ1) is 4.68. The van der Waals surface area contributed by atoms with Crippen LogP contribution in [0.3, 0.4) is 0 Å². The zero-order chi connectivity index (χ0) is 16.4. The second-order valence-corrected chi connectivity index (χ2v) is 2.96. The van der Waals surface area contributed by atoms with E-state index in [-0.39, 0.29) is 11.8 Å². The number of rotatable bonds is 6. The third-order valence-electron chi connectivity index (χ3n) is 1.05. The normalized spacial score (nSPS) is 23.3. The molecule has 0 rings (SSSR count). The summed E-state index contributed by atoms with van der Waals surface area (Å²) < 4.78 is 50.7. The van der Waals surface area contributed by atoms with Gasteiger partial charge in [-0.25, -0.2) is 4.79 Å². The summed E-state index contributed by atoms with van der Waals surface area (Å²) in [4.78, 5) is 21.6. The van der Waals surface area contributed by atoms with Gasteiger partial charge in [0.25, 0.3) is 0 Å². The molecule has 2 N–H and O–H groups in total. The Labute approximate surface area is 91.9 Å². The van der Waals surface area contributed by atoms with E-state index >= 15 is 0 Å². The summed E-state index contributed by atoms with van der Waals surface area (Å²) in [5.74, 6) is -2.56. The Balaban J connectivity index is 4.93. The van der Waals surface area contributed by atoms with Gasteiger partial charge in [-0.2, -0.15) is 11.8 Å². The third-order valence-corrected chi connectivity index (χ3v) is 1.80. The van der Waals surface area contributed by atoms with Gasteiger partial charge in [-0.05, 0) is 12.1 Å². The highest BCUT2D eigenvalue weighted by molar-refractivity contribution is 7.99. The molecule has 0 saturated carbocycles. The topological polar surface area (TPSA) is 66.4 Å². The molecule has 0 aromatic heterocycles. The van der Waals surface area contributed by atoms with E-state index in [9.17, 15) is 9.59 Å². The summed E-state index contributed by atoms with van der Waals surface area (Å²) in [6.07, 6.45) is -3.16. The molecule has 5 heteroatoms. The second-order valence-electron chi connectivity index (χ2n) is 2.13. The van der Waals surface area contributed by atoms with Crippen molar-refractivity contribution in [2.75, 3.05) is 11.5 Å². The Hall–Kier alpha value is -0.710. The van der Waals surface area contributed by atoms with E-state index in [1.54, 1.807) is 0 Å². The summed E-state index contributed by atoms with van der Waals surface area (Å²) in [6.45, 7) is -2.12. The maximum absolute atomic E-state index is 10.8. The maximum atomic E-state index is 10.8. The van der Waals surface area contributed by atoms with E-state index in [4.69, 9.17) is 14.7 Å². The van der Waals surface area contributed by atoms with Crippen LogP contribution in [0.1, 0.15) is 29.7 Å². The van der Waals surface area contributed by atoms with Crippen molar-refractivity contribution >= 4 is 23.6 Å². The van der Waals surface area contributed by atoms with Crippen molar-refractivity contribution in [3.63, 3.8) is 0 Å². The van der Waals surface area contributed by atoms with Crippen LogP contribution >= 0.6 is 11.8 Å². The van der Waals surface area contributed by atoms with Gasteiger partial charge in [0.15, 0.2) is 0 Å². The molecule has 0 aliphatic carbocycles. The minimum Gasteiger partial charge on any atom is -0.480 e. The van der Waals surface area contributed by atoms with Gasteiger partial charge >= 0.3 is 5.97 Å². The van der Waals surface area contributed by atoms with Crippen molar-refractivity contribution in [2.45, 2.75) is 26.2 Å². The number of hydrogen-bond acceptors (Lipinski definition) is 3. The van der Waals surface area contributed by atoms with Gasteiger partial charge < -0.3 is 10.4 Å². The first-order valence-corrected chi connectivity index (χ1v) is 4.35. The number of carbonyl (C=O) groups excluding carboxylic acids is 1. The van der Waals surface area contributed by atoms with Crippen LogP contribution in [-0.2, 0) is 9.59 Å². The lowest BCUT2D eigenvalue weighted by Crippen LogP contribution is -2.41. The third kappa shape index (κ3) is 6.45. The summed E-state index contributed by atoms with van der Waals surface area (Å²) in [5.41, 5.74) is -2.84. The summed E-state index contributed by atoms with van der Waals surface area (Å²) in [5, 5.41) is 10.9. The average Bonchev–Trinajstić information content (AvgIpc) is 2.21. The number of carbonyl (C=O) groups is 2. The molecule has 0 aliphatic rings. The van der Waals surface area contributed by atoms with E-state index in [0.717, 1.165) is 6.92 Å². The molecule has 1 amide bonds. The lowest BCUT2D eigenvalue weighted by molar-refractivity contribution is -0.140. The summed E-state index contributed by atoms with van der Waals surface area (Å²) in [6, 6.07) is -1.43.